The molecule has 2 heterocycles. The second kappa shape index (κ2) is 8.09. The maximum absolute atomic E-state index is 12.3. The van der Waals surface area contributed by atoms with Crippen LogP contribution in [0.25, 0.3) is 0 Å². The zero-order valence-electron chi connectivity index (χ0n) is 13.2. The van der Waals surface area contributed by atoms with Crippen LogP contribution >= 0.6 is 11.3 Å². The molecule has 0 unspecified atom stereocenters. The highest BCUT2D eigenvalue weighted by molar-refractivity contribution is 7.14. The Bertz CT molecular complexity index is 471. The van der Waals surface area contributed by atoms with E-state index in [0.717, 1.165) is 63.5 Å². The van der Waals surface area contributed by atoms with Gasteiger partial charge >= 0.3 is 0 Å². The summed E-state index contributed by atoms with van der Waals surface area (Å²) in [5, 5.41) is 3.08. The van der Waals surface area contributed by atoms with Crippen molar-refractivity contribution < 1.29 is 9.53 Å². The van der Waals surface area contributed by atoms with Crippen molar-refractivity contribution in [3.05, 3.63) is 21.4 Å². The van der Waals surface area contributed by atoms with E-state index in [2.05, 4.69) is 16.3 Å². The standard InChI is InChI=1S/C17H26N2O2S/c20-17(18-7-4-8-19-9-11-21-12-10-19)16-13-14-5-2-1-3-6-15(14)22-16/h13H,1-12H2,(H,18,20). The van der Waals surface area contributed by atoms with Crippen LogP contribution in [0, 0.1) is 0 Å². The number of carbonyl (C=O) groups is 1. The molecular weight excluding hydrogens is 296 g/mol. The molecule has 1 amide bonds. The van der Waals surface area contributed by atoms with Gasteiger partial charge in [-0.15, -0.1) is 11.3 Å². The number of nitrogens with one attached hydrogen (secondary N) is 1. The van der Waals surface area contributed by atoms with Crippen LogP contribution < -0.4 is 5.32 Å². The minimum absolute atomic E-state index is 0.111. The van der Waals surface area contributed by atoms with Crippen LogP contribution in [0.2, 0.25) is 0 Å². The highest BCUT2D eigenvalue weighted by Crippen LogP contribution is 2.28. The number of rotatable bonds is 5. The van der Waals surface area contributed by atoms with Gasteiger partial charge in [-0.2, -0.15) is 0 Å². The molecule has 1 aromatic heterocycles. The van der Waals surface area contributed by atoms with Gasteiger partial charge in [-0.3, -0.25) is 9.69 Å². The van der Waals surface area contributed by atoms with E-state index in [1.54, 1.807) is 11.3 Å². The van der Waals surface area contributed by atoms with Crippen LogP contribution in [0.4, 0.5) is 0 Å². The summed E-state index contributed by atoms with van der Waals surface area (Å²) in [6, 6.07) is 2.13. The second-order valence-electron chi connectivity index (χ2n) is 6.18. The Balaban J connectivity index is 1.42. The minimum Gasteiger partial charge on any atom is -0.379 e. The summed E-state index contributed by atoms with van der Waals surface area (Å²) >= 11 is 1.70. The van der Waals surface area contributed by atoms with Gasteiger partial charge in [-0.25, -0.2) is 0 Å². The van der Waals surface area contributed by atoms with E-state index < -0.39 is 0 Å². The molecule has 1 aliphatic carbocycles. The SMILES string of the molecule is O=C(NCCCN1CCOCC1)c1cc2c(s1)CCCCC2. The maximum atomic E-state index is 12.3. The summed E-state index contributed by atoms with van der Waals surface area (Å²) in [5.74, 6) is 0.111. The van der Waals surface area contributed by atoms with Gasteiger partial charge in [-0.1, -0.05) is 6.42 Å². The highest BCUT2D eigenvalue weighted by atomic mass is 32.1. The fraction of sp³-hybridized carbons (Fsp3) is 0.706. The first-order valence-corrected chi connectivity index (χ1v) is 9.34. The number of amides is 1. The van der Waals surface area contributed by atoms with Gasteiger partial charge in [0.15, 0.2) is 0 Å². The Morgan fingerprint density at radius 1 is 1.23 bits per heavy atom. The Morgan fingerprint density at radius 3 is 2.91 bits per heavy atom. The van der Waals surface area contributed by atoms with Crippen molar-refractivity contribution in [1.29, 1.82) is 0 Å². The lowest BCUT2D eigenvalue weighted by Crippen LogP contribution is -2.38. The highest BCUT2D eigenvalue weighted by Gasteiger charge is 2.16. The van der Waals surface area contributed by atoms with Gasteiger partial charge in [0.05, 0.1) is 18.1 Å². The first-order chi connectivity index (χ1) is 10.8. The van der Waals surface area contributed by atoms with Gasteiger partial charge < -0.3 is 10.1 Å². The summed E-state index contributed by atoms with van der Waals surface area (Å²) in [6.07, 6.45) is 7.18. The molecule has 0 spiro atoms. The minimum atomic E-state index is 0.111. The largest absolute Gasteiger partial charge is 0.379 e. The Hall–Kier alpha value is -0.910. The molecule has 2 aliphatic rings. The summed E-state index contributed by atoms with van der Waals surface area (Å²) in [5.41, 5.74) is 1.42. The van der Waals surface area contributed by atoms with Gasteiger partial charge in [0.1, 0.15) is 0 Å². The lowest BCUT2D eigenvalue weighted by atomic mass is 10.1. The lowest BCUT2D eigenvalue weighted by Gasteiger charge is -2.26. The molecule has 1 saturated heterocycles. The molecule has 0 saturated carbocycles. The van der Waals surface area contributed by atoms with Crippen molar-refractivity contribution >= 4 is 17.2 Å². The quantitative estimate of drug-likeness (QED) is 0.669. The number of ether oxygens (including phenoxy) is 1. The molecular formula is C17H26N2O2S. The molecule has 1 N–H and O–H groups in total. The van der Waals surface area contributed by atoms with Crippen LogP contribution in [-0.4, -0.2) is 50.2 Å². The number of carbonyl (C=O) groups excluding carboxylic acids is 1. The van der Waals surface area contributed by atoms with E-state index in [4.69, 9.17) is 4.74 Å². The number of thiophene rings is 1. The van der Waals surface area contributed by atoms with E-state index in [0.29, 0.717) is 0 Å². The molecule has 3 rings (SSSR count). The number of hydrogen-bond donors (Lipinski definition) is 1. The molecule has 1 aliphatic heterocycles. The van der Waals surface area contributed by atoms with Crippen molar-refractivity contribution in [2.45, 2.75) is 38.5 Å². The molecule has 22 heavy (non-hydrogen) atoms. The Morgan fingerprint density at radius 2 is 2.05 bits per heavy atom. The zero-order chi connectivity index (χ0) is 15.2. The molecule has 1 aromatic rings. The third-order valence-electron chi connectivity index (χ3n) is 4.51. The molecule has 5 heteroatoms. The first kappa shape index (κ1) is 16.0. The average Bonchev–Trinajstić information content (AvgIpc) is 2.83. The smallest absolute Gasteiger partial charge is 0.261 e. The third-order valence-corrected chi connectivity index (χ3v) is 5.75. The molecule has 4 nitrogen and oxygen atoms in total. The molecule has 1 fully saturated rings. The second-order valence-corrected chi connectivity index (χ2v) is 7.32. The van der Waals surface area contributed by atoms with Crippen molar-refractivity contribution in [3.63, 3.8) is 0 Å². The molecule has 0 radical (unpaired) electrons. The number of hydrogen-bond acceptors (Lipinski definition) is 4. The summed E-state index contributed by atoms with van der Waals surface area (Å²) < 4.78 is 5.34. The summed E-state index contributed by atoms with van der Waals surface area (Å²) in [6.45, 7) is 5.53. The number of nitrogens with zero attached hydrogens (tertiary/aromatic N) is 1. The van der Waals surface area contributed by atoms with Crippen LogP contribution in [0.1, 0.15) is 45.8 Å². The monoisotopic (exact) mass is 322 g/mol. The van der Waals surface area contributed by atoms with Crippen LogP contribution in [0.3, 0.4) is 0 Å². The number of fused-ring (bicyclic) bond motifs is 1. The van der Waals surface area contributed by atoms with Crippen LogP contribution in [0.5, 0.6) is 0 Å². The van der Waals surface area contributed by atoms with E-state index in [9.17, 15) is 4.79 Å². The van der Waals surface area contributed by atoms with E-state index >= 15 is 0 Å². The van der Waals surface area contributed by atoms with Gasteiger partial charge in [0.25, 0.3) is 5.91 Å². The fourth-order valence-corrected chi connectivity index (χ4v) is 4.37. The van der Waals surface area contributed by atoms with Gasteiger partial charge in [0, 0.05) is 24.5 Å². The molecule has 0 atom stereocenters. The van der Waals surface area contributed by atoms with E-state index in [-0.39, 0.29) is 5.91 Å². The molecule has 0 bridgehead atoms. The normalized spacial score (nSPS) is 19.5. The lowest BCUT2D eigenvalue weighted by molar-refractivity contribution is 0.0374. The van der Waals surface area contributed by atoms with Crippen molar-refractivity contribution in [2.24, 2.45) is 0 Å². The fourth-order valence-electron chi connectivity index (χ4n) is 3.20. The average molecular weight is 322 g/mol. The topological polar surface area (TPSA) is 41.6 Å². The number of morpholine rings is 1. The Labute approximate surface area is 136 Å². The molecule has 122 valence electrons. The predicted octanol–water partition coefficient (Wildman–Crippen LogP) is 2.47. The summed E-state index contributed by atoms with van der Waals surface area (Å²) in [4.78, 5) is 17.0. The summed E-state index contributed by atoms with van der Waals surface area (Å²) in [7, 11) is 0. The van der Waals surface area contributed by atoms with Crippen LogP contribution in [0.15, 0.2) is 6.07 Å². The first-order valence-electron chi connectivity index (χ1n) is 8.53. The van der Waals surface area contributed by atoms with Gasteiger partial charge in [0.2, 0.25) is 0 Å². The van der Waals surface area contributed by atoms with Crippen molar-refractivity contribution in [3.8, 4) is 0 Å². The maximum Gasteiger partial charge on any atom is 0.261 e. The zero-order valence-corrected chi connectivity index (χ0v) is 14.1. The third kappa shape index (κ3) is 4.31. The molecule has 0 aromatic carbocycles. The van der Waals surface area contributed by atoms with E-state index in [1.165, 1.54) is 29.7 Å². The predicted molar refractivity (Wildman–Crippen MR) is 89.8 cm³/mol. The van der Waals surface area contributed by atoms with Crippen molar-refractivity contribution in [2.75, 3.05) is 39.4 Å². The van der Waals surface area contributed by atoms with Crippen LogP contribution in [-0.2, 0) is 17.6 Å². The number of aryl methyl sites for hydroxylation is 2. The Kier molecular flexibility index (Phi) is 5.87. The van der Waals surface area contributed by atoms with E-state index in [1.807, 2.05) is 0 Å². The van der Waals surface area contributed by atoms with Gasteiger partial charge in [-0.05, 0) is 50.3 Å². The van der Waals surface area contributed by atoms with Crippen molar-refractivity contribution in [1.82, 2.24) is 10.2 Å².